The van der Waals surface area contributed by atoms with E-state index in [4.69, 9.17) is 0 Å². The monoisotopic (exact) mass is 260 g/mol. The van der Waals surface area contributed by atoms with Crippen LogP contribution < -0.4 is 5.73 Å². The average molecular weight is 262 g/mol. The molecule has 3 nitrogen and oxygen atoms in total. The molecule has 0 fully saturated rings. The molecule has 0 rings (SSSR count). The van der Waals surface area contributed by atoms with Gasteiger partial charge in [-0.25, -0.2) is 4.79 Å². The predicted octanol–water partition coefficient (Wildman–Crippen LogP) is -0.113. The van der Waals surface area contributed by atoms with Gasteiger partial charge in [0.05, 0.1) is 0 Å². The first-order valence-electron chi connectivity index (χ1n) is 2.42. The molecule has 0 saturated heterocycles. The van der Waals surface area contributed by atoms with E-state index in [-0.39, 0.29) is 5.97 Å². The summed E-state index contributed by atoms with van der Waals surface area (Å²) in [7, 11) is 0. The molecule has 0 aromatic carbocycles. The Morgan fingerprint density at radius 3 is 2.56 bits per heavy atom. The van der Waals surface area contributed by atoms with E-state index >= 15 is 0 Å². The van der Waals surface area contributed by atoms with Crippen LogP contribution in [0.3, 0.4) is 0 Å². The lowest BCUT2D eigenvalue weighted by molar-refractivity contribution is -0.372. The molecule has 0 unspecified atom stereocenters. The third kappa shape index (κ3) is 4.87. The highest BCUT2D eigenvalue weighted by atomic mass is 79.9. The minimum absolute atomic E-state index is 0.307. The summed E-state index contributed by atoms with van der Waals surface area (Å²) >= 11 is 5.98. The molecule has 3 N–H and O–H groups in total. The summed E-state index contributed by atoms with van der Waals surface area (Å²) < 4.78 is 4.27. The second kappa shape index (κ2) is 5.20. The van der Waals surface area contributed by atoms with Crippen LogP contribution in [0.25, 0.3) is 0 Å². The highest BCUT2D eigenvalue weighted by Crippen LogP contribution is 2.08. The van der Waals surface area contributed by atoms with E-state index in [1.807, 2.05) is 0 Å². The van der Waals surface area contributed by atoms with Gasteiger partial charge in [0, 0.05) is 0 Å². The summed E-state index contributed by atoms with van der Waals surface area (Å²) in [5, 5.41) is 0. The molecule has 0 atom stereocenters. The van der Waals surface area contributed by atoms with Gasteiger partial charge in [-0.2, -0.15) is 0 Å². The maximum Gasteiger partial charge on any atom is 0.330 e. The quantitative estimate of drug-likeness (QED) is 0.569. The fourth-order valence-corrected chi connectivity index (χ4v) is 0.500. The van der Waals surface area contributed by atoms with Gasteiger partial charge in [-0.3, -0.25) is 0 Å². The van der Waals surface area contributed by atoms with Gasteiger partial charge in [-0.05, 0) is 0 Å². The maximum absolute atomic E-state index is 10.6. The van der Waals surface area contributed by atoms with E-state index in [1.165, 1.54) is 0 Å². The standard InChI is InChI=1S/C4H7Br2NO2/c5-3(6)4(8)9-2-1-7/h3H,1-2,7H2/p+1. The Balaban J connectivity index is 3.28. The van der Waals surface area contributed by atoms with Crippen LogP contribution in [-0.2, 0) is 9.53 Å². The molecule has 0 amide bonds. The summed E-state index contributed by atoms with van der Waals surface area (Å²) in [6, 6.07) is 0. The third-order valence-corrected chi connectivity index (χ3v) is 1.31. The number of quaternary nitrogens is 1. The Bertz CT molecular complexity index is 96.6. The number of hydrogen-bond acceptors (Lipinski definition) is 2. The van der Waals surface area contributed by atoms with Crippen molar-refractivity contribution in [2.75, 3.05) is 13.2 Å². The van der Waals surface area contributed by atoms with Crippen LogP contribution in [0.2, 0.25) is 0 Å². The molecule has 0 aliphatic rings. The van der Waals surface area contributed by atoms with E-state index in [9.17, 15) is 4.79 Å². The zero-order valence-electron chi connectivity index (χ0n) is 4.77. The van der Waals surface area contributed by atoms with E-state index in [1.54, 1.807) is 0 Å². The summed E-state index contributed by atoms with van der Waals surface area (Å²) in [6.07, 6.45) is 0. The number of carbonyl (C=O) groups excluding carboxylic acids is 1. The Kier molecular flexibility index (Phi) is 5.42. The SMILES string of the molecule is [NH3+]CCOC(=O)C(Br)Br. The minimum Gasteiger partial charge on any atom is -0.458 e. The first-order valence-corrected chi connectivity index (χ1v) is 4.25. The highest BCUT2D eigenvalue weighted by molar-refractivity contribution is 9.25. The smallest absolute Gasteiger partial charge is 0.330 e. The molecule has 0 saturated carbocycles. The second-order valence-electron chi connectivity index (χ2n) is 1.32. The molecule has 0 aliphatic heterocycles. The van der Waals surface area contributed by atoms with Crippen molar-refractivity contribution in [3.63, 3.8) is 0 Å². The molecule has 54 valence electrons. The molecular formula is C4H8Br2NO2+. The van der Waals surface area contributed by atoms with Crippen LogP contribution in [0.1, 0.15) is 0 Å². The van der Waals surface area contributed by atoms with Crippen molar-refractivity contribution in [3.8, 4) is 0 Å². The number of halogens is 2. The average Bonchev–Trinajstić information content (AvgIpc) is 1.82. The molecular weight excluding hydrogens is 254 g/mol. The van der Waals surface area contributed by atoms with Crippen LogP contribution in [0, 0.1) is 0 Å². The van der Waals surface area contributed by atoms with E-state index < -0.39 is 3.74 Å². The van der Waals surface area contributed by atoms with Crippen LogP contribution >= 0.6 is 31.9 Å². The van der Waals surface area contributed by atoms with Crippen molar-refractivity contribution in [1.82, 2.24) is 0 Å². The largest absolute Gasteiger partial charge is 0.458 e. The first kappa shape index (κ1) is 9.39. The zero-order valence-corrected chi connectivity index (χ0v) is 7.94. The third-order valence-electron chi connectivity index (χ3n) is 0.567. The first-order chi connectivity index (χ1) is 4.18. The fraction of sp³-hybridized carbons (Fsp3) is 0.750. The maximum atomic E-state index is 10.6. The number of ether oxygens (including phenoxy) is 1. The van der Waals surface area contributed by atoms with Gasteiger partial charge in [0.15, 0.2) is 3.74 Å². The molecule has 0 heterocycles. The van der Waals surface area contributed by atoms with Gasteiger partial charge in [-0.1, -0.05) is 31.9 Å². The molecule has 9 heavy (non-hydrogen) atoms. The summed E-state index contributed by atoms with van der Waals surface area (Å²) in [5.41, 5.74) is 3.51. The van der Waals surface area contributed by atoms with E-state index in [0.717, 1.165) is 0 Å². The Morgan fingerprint density at radius 2 is 2.22 bits per heavy atom. The Labute approximate surface area is 70.2 Å². The number of esters is 1. The molecule has 0 spiro atoms. The number of alkyl halides is 2. The lowest BCUT2D eigenvalue weighted by Crippen LogP contribution is -2.52. The van der Waals surface area contributed by atoms with Crippen molar-refractivity contribution < 1.29 is 15.3 Å². The Hall–Kier alpha value is 0.390. The molecule has 5 heteroatoms. The molecule has 0 aromatic heterocycles. The van der Waals surface area contributed by atoms with Gasteiger partial charge in [-0.15, -0.1) is 0 Å². The van der Waals surface area contributed by atoms with Crippen molar-refractivity contribution in [3.05, 3.63) is 0 Å². The molecule has 0 aromatic rings. The van der Waals surface area contributed by atoms with Gasteiger partial charge in [0.1, 0.15) is 13.2 Å². The molecule has 0 aliphatic carbocycles. The van der Waals surface area contributed by atoms with Gasteiger partial charge in [0.25, 0.3) is 0 Å². The fourth-order valence-electron chi connectivity index (χ4n) is 0.236. The van der Waals surface area contributed by atoms with Crippen molar-refractivity contribution in [2.45, 2.75) is 3.74 Å². The highest BCUT2D eigenvalue weighted by Gasteiger charge is 2.10. The van der Waals surface area contributed by atoms with Gasteiger partial charge < -0.3 is 10.5 Å². The van der Waals surface area contributed by atoms with Crippen LogP contribution in [0.5, 0.6) is 0 Å². The number of rotatable bonds is 3. The second-order valence-corrected chi connectivity index (χ2v) is 4.38. The number of hydrogen-bond donors (Lipinski definition) is 1. The van der Waals surface area contributed by atoms with Gasteiger partial charge in [0.2, 0.25) is 0 Å². The van der Waals surface area contributed by atoms with Crippen molar-refractivity contribution >= 4 is 37.8 Å². The van der Waals surface area contributed by atoms with Crippen LogP contribution in [-0.4, -0.2) is 22.9 Å². The van der Waals surface area contributed by atoms with Crippen LogP contribution in [0.4, 0.5) is 0 Å². The van der Waals surface area contributed by atoms with Crippen molar-refractivity contribution in [2.24, 2.45) is 0 Å². The molecule has 0 radical (unpaired) electrons. The Morgan fingerprint density at radius 1 is 1.67 bits per heavy atom. The summed E-state index contributed by atoms with van der Waals surface area (Å²) in [5.74, 6) is -0.307. The lowest BCUT2D eigenvalue weighted by Gasteiger charge is -2.00. The van der Waals surface area contributed by atoms with Crippen LogP contribution in [0.15, 0.2) is 0 Å². The predicted molar refractivity (Wildman–Crippen MR) is 40.4 cm³/mol. The lowest BCUT2D eigenvalue weighted by atomic mass is 10.7. The topological polar surface area (TPSA) is 53.9 Å². The zero-order chi connectivity index (χ0) is 7.28. The van der Waals surface area contributed by atoms with Crippen molar-refractivity contribution in [1.29, 1.82) is 0 Å². The number of carbonyl (C=O) groups is 1. The summed E-state index contributed by atoms with van der Waals surface area (Å²) in [6.45, 7) is 0.991. The summed E-state index contributed by atoms with van der Waals surface area (Å²) in [4.78, 5) is 10.6. The molecule has 0 bridgehead atoms. The normalized spacial score (nSPS) is 9.78. The minimum atomic E-state index is -0.392. The van der Waals surface area contributed by atoms with Gasteiger partial charge >= 0.3 is 5.97 Å². The van der Waals surface area contributed by atoms with E-state index in [0.29, 0.717) is 13.2 Å². The van der Waals surface area contributed by atoms with E-state index in [2.05, 4.69) is 42.3 Å².